The highest BCUT2D eigenvalue weighted by molar-refractivity contribution is 8.00. The van der Waals surface area contributed by atoms with Crippen molar-refractivity contribution in [3.63, 3.8) is 0 Å². The molecule has 0 aromatic rings. The van der Waals surface area contributed by atoms with E-state index in [1.165, 1.54) is 12.2 Å². The second-order valence-electron chi connectivity index (χ2n) is 4.01. The molecule has 1 fully saturated rings. The van der Waals surface area contributed by atoms with Crippen molar-refractivity contribution in [3.8, 4) is 0 Å². The van der Waals surface area contributed by atoms with Crippen LogP contribution in [0, 0.1) is 0 Å². The van der Waals surface area contributed by atoms with Crippen LogP contribution in [0.25, 0.3) is 0 Å². The molecule has 1 heterocycles. The van der Waals surface area contributed by atoms with Crippen molar-refractivity contribution in [2.24, 2.45) is 0 Å². The van der Waals surface area contributed by atoms with Gasteiger partial charge in [0, 0.05) is 11.8 Å². The molecular formula is C10H22N2O2S2. The van der Waals surface area contributed by atoms with Gasteiger partial charge in [-0.3, -0.25) is 0 Å². The Balaban J connectivity index is 2.12. The zero-order chi connectivity index (χ0) is 11.9. The second kappa shape index (κ2) is 7.53. The summed E-state index contributed by atoms with van der Waals surface area (Å²) < 4.78 is 25.9. The average Bonchev–Trinajstić information content (AvgIpc) is 2.75. The highest BCUT2D eigenvalue weighted by Gasteiger charge is 2.18. The van der Waals surface area contributed by atoms with E-state index in [1.54, 1.807) is 0 Å². The van der Waals surface area contributed by atoms with E-state index in [4.69, 9.17) is 0 Å². The molecule has 2 N–H and O–H groups in total. The van der Waals surface area contributed by atoms with E-state index in [-0.39, 0.29) is 5.75 Å². The molecule has 6 heteroatoms. The summed E-state index contributed by atoms with van der Waals surface area (Å²) in [4.78, 5) is 0. The van der Waals surface area contributed by atoms with Crippen LogP contribution in [0.2, 0.25) is 0 Å². The minimum Gasteiger partial charge on any atom is -0.317 e. The lowest BCUT2D eigenvalue weighted by atomic mass is 10.2. The maximum atomic E-state index is 11.6. The van der Waals surface area contributed by atoms with Crippen LogP contribution in [-0.4, -0.2) is 44.8 Å². The first kappa shape index (κ1) is 14.3. The Morgan fingerprint density at radius 1 is 1.44 bits per heavy atom. The van der Waals surface area contributed by atoms with Crippen molar-refractivity contribution in [1.29, 1.82) is 0 Å². The molecule has 0 aromatic carbocycles. The first-order chi connectivity index (χ1) is 7.64. The van der Waals surface area contributed by atoms with Gasteiger partial charge in [0.15, 0.2) is 0 Å². The minimum atomic E-state index is -3.05. The third-order valence-electron chi connectivity index (χ3n) is 2.57. The summed E-state index contributed by atoms with van der Waals surface area (Å²) in [6, 6.07) is 0. The van der Waals surface area contributed by atoms with Gasteiger partial charge in [0.2, 0.25) is 10.0 Å². The standard InChI is InChI=1S/C10H22N2O2S2/c1-2-11-6-4-8-16(13,14)12-9-10-5-3-7-15-10/h10-12H,2-9H2,1H3. The summed E-state index contributed by atoms with van der Waals surface area (Å²) in [6.07, 6.45) is 3.04. The lowest BCUT2D eigenvalue weighted by Crippen LogP contribution is -2.32. The molecule has 96 valence electrons. The van der Waals surface area contributed by atoms with Crippen LogP contribution in [0.4, 0.5) is 0 Å². The smallest absolute Gasteiger partial charge is 0.211 e. The Kier molecular flexibility index (Phi) is 6.72. The Labute approximate surface area is 103 Å². The molecule has 16 heavy (non-hydrogen) atoms. The number of thioether (sulfide) groups is 1. The van der Waals surface area contributed by atoms with E-state index in [0.717, 1.165) is 19.5 Å². The molecule has 1 aliphatic rings. The van der Waals surface area contributed by atoms with Gasteiger partial charge in [0.25, 0.3) is 0 Å². The molecule has 0 aromatic heterocycles. The fourth-order valence-corrected chi connectivity index (χ4v) is 4.09. The highest BCUT2D eigenvalue weighted by atomic mass is 32.2. The fraction of sp³-hybridized carbons (Fsp3) is 1.00. The summed E-state index contributed by atoms with van der Waals surface area (Å²) in [7, 11) is -3.05. The molecular weight excluding hydrogens is 244 g/mol. The SMILES string of the molecule is CCNCCCS(=O)(=O)NCC1CCCS1. The number of rotatable bonds is 8. The normalized spacial score (nSPS) is 21.4. The molecule has 1 rings (SSSR count). The van der Waals surface area contributed by atoms with Gasteiger partial charge >= 0.3 is 0 Å². The summed E-state index contributed by atoms with van der Waals surface area (Å²) in [6.45, 7) is 4.29. The lowest BCUT2D eigenvalue weighted by Gasteiger charge is -2.10. The van der Waals surface area contributed by atoms with Gasteiger partial charge in [0.1, 0.15) is 0 Å². The van der Waals surface area contributed by atoms with Crippen LogP contribution in [-0.2, 0) is 10.0 Å². The third-order valence-corrected chi connectivity index (χ3v) is 5.40. The Morgan fingerprint density at radius 2 is 2.25 bits per heavy atom. The average molecular weight is 266 g/mol. The molecule has 1 saturated heterocycles. The second-order valence-corrected chi connectivity index (χ2v) is 7.34. The molecule has 4 nitrogen and oxygen atoms in total. The Bertz CT molecular complexity index is 275. The van der Waals surface area contributed by atoms with Gasteiger partial charge < -0.3 is 5.32 Å². The highest BCUT2D eigenvalue weighted by Crippen LogP contribution is 2.25. The molecule has 0 saturated carbocycles. The third kappa shape index (κ3) is 6.08. The number of hydrogen-bond donors (Lipinski definition) is 2. The van der Waals surface area contributed by atoms with Gasteiger partial charge in [-0.05, 0) is 38.1 Å². The molecule has 0 aliphatic carbocycles. The van der Waals surface area contributed by atoms with Crippen LogP contribution in [0.15, 0.2) is 0 Å². The van der Waals surface area contributed by atoms with Crippen LogP contribution in [0.1, 0.15) is 26.2 Å². The van der Waals surface area contributed by atoms with E-state index in [0.29, 0.717) is 18.2 Å². The van der Waals surface area contributed by atoms with Crippen molar-refractivity contribution in [1.82, 2.24) is 10.0 Å². The number of sulfonamides is 1. The van der Waals surface area contributed by atoms with Crippen LogP contribution in [0.5, 0.6) is 0 Å². The van der Waals surface area contributed by atoms with Crippen molar-refractivity contribution in [3.05, 3.63) is 0 Å². The predicted molar refractivity (Wildman–Crippen MR) is 70.4 cm³/mol. The van der Waals surface area contributed by atoms with Gasteiger partial charge in [-0.1, -0.05) is 6.92 Å². The topological polar surface area (TPSA) is 58.2 Å². The molecule has 0 bridgehead atoms. The zero-order valence-electron chi connectivity index (χ0n) is 9.87. The monoisotopic (exact) mass is 266 g/mol. The molecule has 1 atom stereocenters. The van der Waals surface area contributed by atoms with Gasteiger partial charge in [-0.15, -0.1) is 0 Å². The largest absolute Gasteiger partial charge is 0.317 e. The number of nitrogens with one attached hydrogen (secondary N) is 2. The maximum absolute atomic E-state index is 11.6. The van der Waals surface area contributed by atoms with Crippen molar-refractivity contribution in [2.75, 3.05) is 31.1 Å². The molecule has 1 aliphatic heterocycles. The Hall–Kier alpha value is 0.220. The molecule has 0 spiro atoms. The summed E-state index contributed by atoms with van der Waals surface area (Å²) >= 11 is 1.88. The van der Waals surface area contributed by atoms with E-state index in [1.807, 2.05) is 18.7 Å². The zero-order valence-corrected chi connectivity index (χ0v) is 11.5. The maximum Gasteiger partial charge on any atom is 0.211 e. The first-order valence-electron chi connectivity index (χ1n) is 5.93. The lowest BCUT2D eigenvalue weighted by molar-refractivity contribution is 0.573. The number of hydrogen-bond acceptors (Lipinski definition) is 4. The summed E-state index contributed by atoms with van der Waals surface area (Å²) in [5.74, 6) is 1.41. The molecule has 0 amide bonds. The van der Waals surface area contributed by atoms with Gasteiger partial charge in [-0.2, -0.15) is 11.8 Å². The van der Waals surface area contributed by atoms with E-state index < -0.39 is 10.0 Å². The van der Waals surface area contributed by atoms with Crippen LogP contribution >= 0.6 is 11.8 Å². The molecule has 1 unspecified atom stereocenters. The van der Waals surface area contributed by atoms with Crippen molar-refractivity contribution in [2.45, 2.75) is 31.4 Å². The van der Waals surface area contributed by atoms with E-state index in [9.17, 15) is 8.42 Å². The van der Waals surface area contributed by atoms with Gasteiger partial charge in [0.05, 0.1) is 5.75 Å². The van der Waals surface area contributed by atoms with Crippen molar-refractivity contribution >= 4 is 21.8 Å². The predicted octanol–water partition coefficient (Wildman–Crippen LogP) is 0.801. The van der Waals surface area contributed by atoms with Gasteiger partial charge in [-0.25, -0.2) is 13.1 Å². The quantitative estimate of drug-likeness (QED) is 0.638. The van der Waals surface area contributed by atoms with E-state index >= 15 is 0 Å². The fourth-order valence-electron chi connectivity index (χ4n) is 1.66. The minimum absolute atomic E-state index is 0.234. The van der Waals surface area contributed by atoms with E-state index in [2.05, 4.69) is 10.0 Å². The molecule has 0 radical (unpaired) electrons. The first-order valence-corrected chi connectivity index (χ1v) is 8.64. The Morgan fingerprint density at radius 3 is 2.88 bits per heavy atom. The summed E-state index contributed by atoms with van der Waals surface area (Å²) in [5, 5.41) is 3.61. The van der Waals surface area contributed by atoms with Crippen LogP contribution in [0.3, 0.4) is 0 Å². The van der Waals surface area contributed by atoms with Crippen molar-refractivity contribution < 1.29 is 8.42 Å². The van der Waals surface area contributed by atoms with Crippen LogP contribution < -0.4 is 10.0 Å². The summed E-state index contributed by atoms with van der Waals surface area (Å²) in [5.41, 5.74) is 0.